The molecule has 1 aromatic carbocycles. The van der Waals surface area contributed by atoms with E-state index < -0.39 is 17.9 Å². The van der Waals surface area contributed by atoms with Crippen LogP contribution in [0.5, 0.6) is 11.5 Å². The number of halogens is 1. The molecule has 1 aliphatic heterocycles. The molecular formula is C20H26IN3O5S. The molecule has 1 heterocycles. The van der Waals surface area contributed by atoms with Gasteiger partial charge in [0, 0.05) is 5.70 Å². The van der Waals surface area contributed by atoms with Gasteiger partial charge in [-0.25, -0.2) is 4.79 Å². The van der Waals surface area contributed by atoms with Gasteiger partial charge in [-0.1, -0.05) is 13.3 Å². The van der Waals surface area contributed by atoms with Gasteiger partial charge in [-0.3, -0.25) is 4.79 Å². The van der Waals surface area contributed by atoms with Gasteiger partial charge in [-0.2, -0.15) is 0 Å². The van der Waals surface area contributed by atoms with E-state index in [1.165, 1.54) is 0 Å². The molecule has 164 valence electrons. The van der Waals surface area contributed by atoms with Crippen LogP contribution < -0.4 is 25.8 Å². The van der Waals surface area contributed by atoms with E-state index >= 15 is 0 Å². The highest BCUT2D eigenvalue weighted by Crippen LogP contribution is 2.39. The fourth-order valence-electron chi connectivity index (χ4n) is 3.07. The third-order valence-corrected chi connectivity index (χ3v) is 5.19. The first-order chi connectivity index (χ1) is 14.3. The molecule has 0 bridgehead atoms. The minimum absolute atomic E-state index is 0.264. The summed E-state index contributed by atoms with van der Waals surface area (Å²) in [7, 11) is 0. The SMILES string of the molecule is CCCC1=C(C(=O)OCC)[C@@H](c2cc(I)c(OCC(N)=O)c(OCC)c2)NC(=S)N1. The van der Waals surface area contributed by atoms with E-state index in [-0.39, 0.29) is 13.2 Å². The number of amides is 1. The Kier molecular flexibility index (Phi) is 9.15. The first kappa shape index (κ1) is 24.2. The molecule has 10 heteroatoms. The number of carbonyl (C=O) groups excluding carboxylic acids is 2. The van der Waals surface area contributed by atoms with Crippen LogP contribution in [-0.2, 0) is 14.3 Å². The standard InChI is InChI=1S/C20H26IN3O5S/c1-4-7-13-16(19(26)28-6-3)17(24-20(30)23-13)11-8-12(21)18(29-10-15(22)25)14(9-11)27-5-2/h8-9,17H,4-7,10H2,1-3H3,(H2,22,25)(H2,23,24,30)/t17-/m1/s1. The number of nitrogens with one attached hydrogen (secondary N) is 2. The summed E-state index contributed by atoms with van der Waals surface area (Å²) in [5.74, 6) is -0.117. The number of thiocarbonyl (C=S) groups is 1. The summed E-state index contributed by atoms with van der Waals surface area (Å²) in [6, 6.07) is 3.11. The molecule has 4 N–H and O–H groups in total. The predicted molar refractivity (Wildman–Crippen MR) is 125 cm³/mol. The highest BCUT2D eigenvalue weighted by Gasteiger charge is 2.33. The molecule has 1 aliphatic rings. The zero-order valence-electron chi connectivity index (χ0n) is 17.2. The number of esters is 1. The molecule has 0 fully saturated rings. The molecule has 1 aromatic rings. The first-order valence-electron chi connectivity index (χ1n) is 9.67. The van der Waals surface area contributed by atoms with Crippen molar-refractivity contribution in [2.45, 2.75) is 39.7 Å². The Labute approximate surface area is 195 Å². The molecule has 0 saturated carbocycles. The maximum atomic E-state index is 12.8. The van der Waals surface area contributed by atoms with Gasteiger partial charge in [-0.05, 0) is 72.8 Å². The minimum Gasteiger partial charge on any atom is -0.490 e. The number of hydrogen-bond acceptors (Lipinski definition) is 6. The smallest absolute Gasteiger partial charge is 0.338 e. The van der Waals surface area contributed by atoms with Crippen LogP contribution in [0.3, 0.4) is 0 Å². The normalized spacial score (nSPS) is 15.9. The molecule has 0 aromatic heterocycles. The maximum absolute atomic E-state index is 12.8. The van der Waals surface area contributed by atoms with Crippen LogP contribution >= 0.6 is 34.8 Å². The number of primary amides is 1. The Balaban J connectivity index is 2.57. The fourth-order valence-corrected chi connectivity index (χ4v) is 4.09. The lowest BCUT2D eigenvalue weighted by molar-refractivity contribution is -0.139. The Morgan fingerprint density at radius 2 is 1.93 bits per heavy atom. The Morgan fingerprint density at radius 3 is 2.53 bits per heavy atom. The third-order valence-electron chi connectivity index (χ3n) is 4.17. The van der Waals surface area contributed by atoms with Crippen LogP contribution in [-0.4, -0.2) is 36.8 Å². The lowest BCUT2D eigenvalue weighted by Gasteiger charge is -2.31. The van der Waals surface area contributed by atoms with Gasteiger partial charge in [0.05, 0.1) is 28.4 Å². The second kappa shape index (κ2) is 11.3. The van der Waals surface area contributed by atoms with Crippen molar-refractivity contribution in [3.8, 4) is 11.5 Å². The number of benzene rings is 1. The van der Waals surface area contributed by atoms with Gasteiger partial charge >= 0.3 is 5.97 Å². The van der Waals surface area contributed by atoms with Gasteiger partial charge in [-0.15, -0.1) is 0 Å². The molecule has 0 spiro atoms. The second-order valence-electron chi connectivity index (χ2n) is 6.41. The Morgan fingerprint density at radius 1 is 1.20 bits per heavy atom. The molecule has 0 saturated heterocycles. The van der Waals surface area contributed by atoms with Crippen molar-refractivity contribution in [3.05, 3.63) is 32.5 Å². The lowest BCUT2D eigenvalue weighted by Crippen LogP contribution is -2.45. The third kappa shape index (κ3) is 5.97. The molecule has 0 unspecified atom stereocenters. The van der Waals surface area contributed by atoms with Gasteiger partial charge in [0.1, 0.15) is 0 Å². The maximum Gasteiger partial charge on any atom is 0.338 e. The van der Waals surface area contributed by atoms with Crippen LogP contribution in [0, 0.1) is 3.57 Å². The van der Waals surface area contributed by atoms with E-state index in [9.17, 15) is 9.59 Å². The van der Waals surface area contributed by atoms with Crippen LogP contribution in [0.15, 0.2) is 23.4 Å². The van der Waals surface area contributed by atoms with E-state index in [4.69, 9.17) is 32.2 Å². The van der Waals surface area contributed by atoms with Gasteiger partial charge < -0.3 is 30.6 Å². The number of nitrogens with two attached hydrogens (primary N) is 1. The fraction of sp³-hybridized carbons (Fsp3) is 0.450. The summed E-state index contributed by atoms with van der Waals surface area (Å²) in [5.41, 5.74) is 7.19. The Hall–Kier alpha value is -2.08. The zero-order valence-corrected chi connectivity index (χ0v) is 20.1. The van der Waals surface area contributed by atoms with Crippen molar-refractivity contribution in [1.29, 1.82) is 0 Å². The summed E-state index contributed by atoms with van der Waals surface area (Å²) in [6.45, 7) is 6.03. The zero-order chi connectivity index (χ0) is 22.3. The van der Waals surface area contributed by atoms with E-state index in [1.54, 1.807) is 13.0 Å². The van der Waals surface area contributed by atoms with Gasteiger partial charge in [0.15, 0.2) is 23.2 Å². The average Bonchev–Trinajstić information content (AvgIpc) is 2.67. The highest BCUT2D eigenvalue weighted by molar-refractivity contribution is 14.1. The molecule has 1 atom stereocenters. The topological polar surface area (TPSA) is 112 Å². The second-order valence-corrected chi connectivity index (χ2v) is 7.98. The van der Waals surface area contributed by atoms with Crippen molar-refractivity contribution < 1.29 is 23.8 Å². The van der Waals surface area contributed by atoms with E-state index in [1.807, 2.05) is 19.9 Å². The molecule has 2 rings (SSSR count). The van der Waals surface area contributed by atoms with Crippen LogP contribution in [0.25, 0.3) is 0 Å². The van der Waals surface area contributed by atoms with Crippen LogP contribution in [0.1, 0.15) is 45.2 Å². The van der Waals surface area contributed by atoms with Crippen molar-refractivity contribution >= 4 is 51.8 Å². The van der Waals surface area contributed by atoms with Crippen molar-refractivity contribution in [3.63, 3.8) is 0 Å². The molecular weight excluding hydrogens is 521 g/mol. The van der Waals surface area contributed by atoms with E-state index in [0.29, 0.717) is 38.8 Å². The van der Waals surface area contributed by atoms with Crippen LogP contribution in [0.2, 0.25) is 0 Å². The summed E-state index contributed by atoms with van der Waals surface area (Å²) < 4.78 is 17.3. The average molecular weight is 547 g/mol. The number of ether oxygens (including phenoxy) is 3. The molecule has 1 amide bonds. The lowest BCUT2D eigenvalue weighted by atomic mass is 9.93. The summed E-state index contributed by atoms with van der Waals surface area (Å²) in [6.07, 6.45) is 1.49. The first-order valence-corrected chi connectivity index (χ1v) is 11.2. The number of allylic oxidation sites excluding steroid dienone is 1. The number of hydrogen-bond donors (Lipinski definition) is 3. The van der Waals surface area contributed by atoms with Gasteiger partial charge in [0.2, 0.25) is 0 Å². The van der Waals surface area contributed by atoms with Crippen LogP contribution in [0.4, 0.5) is 0 Å². The highest BCUT2D eigenvalue weighted by atomic mass is 127. The molecule has 8 nitrogen and oxygen atoms in total. The number of carbonyl (C=O) groups is 2. The van der Waals surface area contributed by atoms with E-state index in [0.717, 1.165) is 17.7 Å². The van der Waals surface area contributed by atoms with Crippen molar-refractivity contribution in [1.82, 2.24) is 10.6 Å². The summed E-state index contributed by atoms with van der Waals surface area (Å²) in [5, 5.41) is 6.69. The molecule has 30 heavy (non-hydrogen) atoms. The predicted octanol–water partition coefficient (Wildman–Crippen LogP) is 2.69. The summed E-state index contributed by atoms with van der Waals surface area (Å²) >= 11 is 7.47. The largest absolute Gasteiger partial charge is 0.490 e. The monoisotopic (exact) mass is 547 g/mol. The minimum atomic E-state index is -0.584. The summed E-state index contributed by atoms with van der Waals surface area (Å²) in [4.78, 5) is 23.9. The van der Waals surface area contributed by atoms with Crippen molar-refractivity contribution in [2.75, 3.05) is 19.8 Å². The number of rotatable bonds is 10. The molecule has 0 aliphatic carbocycles. The van der Waals surface area contributed by atoms with Gasteiger partial charge in [0.25, 0.3) is 5.91 Å². The van der Waals surface area contributed by atoms with Crippen molar-refractivity contribution in [2.24, 2.45) is 5.73 Å². The quantitative estimate of drug-likeness (QED) is 0.233. The molecule has 0 radical (unpaired) electrons. The van der Waals surface area contributed by atoms with E-state index in [2.05, 4.69) is 33.2 Å². The Bertz CT molecular complexity index is 859.